The Balaban J connectivity index is 1.95. The van der Waals surface area contributed by atoms with Gasteiger partial charge in [-0.2, -0.15) is 26.3 Å². The van der Waals surface area contributed by atoms with E-state index < -0.39 is 40.7 Å². The van der Waals surface area contributed by atoms with Crippen LogP contribution in [0.15, 0.2) is 54.7 Å². The van der Waals surface area contributed by atoms with Crippen molar-refractivity contribution in [2.75, 3.05) is 26.3 Å². The molecule has 2 bridgehead atoms. The number of aliphatic hydroxyl groups is 1. The highest BCUT2D eigenvalue weighted by Crippen LogP contribution is 2.42. The third kappa shape index (κ3) is 6.27. The maximum atomic E-state index is 13.3. The Morgan fingerprint density at radius 1 is 1.16 bits per heavy atom. The van der Waals surface area contributed by atoms with E-state index in [4.69, 9.17) is 4.74 Å². The van der Waals surface area contributed by atoms with Crippen LogP contribution in [0.4, 0.5) is 26.3 Å². The van der Waals surface area contributed by atoms with Gasteiger partial charge in [0, 0.05) is 6.54 Å². The minimum Gasteiger partial charge on any atom is -0.394 e. The molecule has 4 atom stereocenters. The minimum atomic E-state index is -4.97. The molecule has 11 heteroatoms. The monoisotopic (exact) mass is 532 g/mol. The number of ether oxygens (including phenoxy) is 1. The normalized spacial score (nSPS) is 27.5. The number of nitrogens with zero attached hydrogens (tertiary/aromatic N) is 1. The van der Waals surface area contributed by atoms with E-state index in [2.05, 4.69) is 11.9 Å². The number of hydrogen-bond donors (Lipinski definition) is 2. The summed E-state index contributed by atoms with van der Waals surface area (Å²) in [4.78, 5) is 14.3. The number of alkyl halides is 6. The summed E-state index contributed by atoms with van der Waals surface area (Å²) in [5.41, 5.74) is -4.35. The fraction of sp³-hybridized carbons (Fsp3) is 0.500. The van der Waals surface area contributed by atoms with Crippen molar-refractivity contribution in [3.63, 3.8) is 0 Å². The molecule has 0 spiro atoms. The fourth-order valence-electron chi connectivity index (χ4n) is 4.82. The second-order valence-electron chi connectivity index (χ2n) is 9.58. The molecule has 3 rings (SSSR count). The van der Waals surface area contributed by atoms with Crippen molar-refractivity contribution in [3.05, 3.63) is 71.3 Å². The largest absolute Gasteiger partial charge is 0.416 e. The van der Waals surface area contributed by atoms with E-state index in [9.17, 15) is 36.2 Å². The van der Waals surface area contributed by atoms with Gasteiger partial charge in [0.2, 0.25) is 5.91 Å². The van der Waals surface area contributed by atoms with Crippen molar-refractivity contribution in [1.29, 1.82) is 0 Å². The number of rotatable bonds is 8. The molecule has 37 heavy (non-hydrogen) atoms. The van der Waals surface area contributed by atoms with Crippen molar-refractivity contribution in [2.45, 2.75) is 56.2 Å². The number of halogens is 6. The van der Waals surface area contributed by atoms with Gasteiger partial charge in [0.25, 0.3) is 0 Å². The standard InChI is InChI=1S/C26H30F6N2O3/c1-4-5-6-7-17(2)24(9-8-23(15-35)14-34(24)13-22(36)33-23)16-37-18(3)19-10-20(25(27,28)29)12-21(11-19)26(30,31)32/h4-7,10-12,18,35H,2,8-9,13-16H2,1,3H3,(H,33,36)/b5-4-,7-6-/t18-,23-,24-/m1/s1. The number of benzene rings is 1. The van der Waals surface area contributed by atoms with Crippen LogP contribution in [0.3, 0.4) is 0 Å². The molecule has 0 aliphatic carbocycles. The molecule has 0 aromatic heterocycles. The zero-order valence-electron chi connectivity index (χ0n) is 20.5. The van der Waals surface area contributed by atoms with E-state index in [-0.39, 0.29) is 43.8 Å². The summed E-state index contributed by atoms with van der Waals surface area (Å²) in [6, 6.07) is 1.38. The first kappa shape index (κ1) is 28.9. The molecule has 0 radical (unpaired) electrons. The lowest BCUT2D eigenvalue weighted by atomic mass is 9.73. The van der Waals surface area contributed by atoms with Crippen LogP contribution in [-0.2, 0) is 21.9 Å². The number of allylic oxidation sites excluding steroid dienone is 3. The predicted octanol–water partition coefficient (Wildman–Crippen LogP) is 5.19. The summed E-state index contributed by atoms with van der Waals surface area (Å²) in [7, 11) is 0. The molecule has 1 unspecified atom stereocenters. The third-order valence-corrected chi connectivity index (χ3v) is 7.01. The zero-order chi connectivity index (χ0) is 27.6. The molecule has 1 amide bonds. The van der Waals surface area contributed by atoms with Crippen LogP contribution in [0.1, 0.15) is 49.5 Å². The number of hydrogen-bond acceptors (Lipinski definition) is 4. The number of fused-ring (bicyclic) bond motifs is 2. The summed E-state index contributed by atoms with van der Waals surface area (Å²) in [5.74, 6) is -0.310. The lowest BCUT2D eigenvalue weighted by Gasteiger charge is -2.56. The van der Waals surface area contributed by atoms with Crippen LogP contribution in [0.25, 0.3) is 0 Å². The van der Waals surface area contributed by atoms with Gasteiger partial charge in [-0.3, -0.25) is 9.69 Å². The van der Waals surface area contributed by atoms with E-state index in [1.54, 1.807) is 24.3 Å². The number of piperazine rings is 1. The summed E-state index contributed by atoms with van der Waals surface area (Å²) >= 11 is 0. The number of amides is 1. The minimum absolute atomic E-state index is 0.0300. The average molecular weight is 533 g/mol. The van der Waals surface area contributed by atoms with Crippen LogP contribution in [0.2, 0.25) is 0 Å². The lowest BCUT2D eigenvalue weighted by molar-refractivity contribution is -0.143. The van der Waals surface area contributed by atoms with Gasteiger partial charge in [-0.1, -0.05) is 30.9 Å². The highest BCUT2D eigenvalue weighted by atomic mass is 19.4. The number of piperidine rings is 1. The van der Waals surface area contributed by atoms with E-state index in [1.165, 1.54) is 6.92 Å². The quantitative estimate of drug-likeness (QED) is 0.358. The SMILES string of the molecule is C=C(/C=C\C=C/C)[C@]1(CO[C@H](C)c2cc(C(F)(F)F)cc(C(F)(F)F)c2)CC[C@]2(CO)CN1CC(=O)N2. The molecule has 5 nitrogen and oxygen atoms in total. The Morgan fingerprint density at radius 3 is 2.32 bits per heavy atom. The fourth-order valence-corrected chi connectivity index (χ4v) is 4.82. The van der Waals surface area contributed by atoms with Gasteiger partial charge in [-0.15, -0.1) is 0 Å². The first-order valence-electron chi connectivity index (χ1n) is 11.7. The van der Waals surface area contributed by atoms with E-state index in [0.29, 0.717) is 30.5 Å². The Labute approximate surface area is 211 Å². The number of nitrogens with one attached hydrogen (secondary N) is 1. The van der Waals surface area contributed by atoms with Crippen molar-refractivity contribution in [1.82, 2.24) is 10.2 Å². The summed E-state index contributed by atoms with van der Waals surface area (Å²) < 4.78 is 86.0. The Kier molecular flexibility index (Phi) is 8.31. The average Bonchev–Trinajstić information content (AvgIpc) is 2.82. The molecule has 1 aromatic carbocycles. The molecular weight excluding hydrogens is 502 g/mol. The summed E-state index contributed by atoms with van der Waals surface area (Å²) in [6.07, 6.45) is -3.26. The smallest absolute Gasteiger partial charge is 0.394 e. The van der Waals surface area contributed by atoms with E-state index >= 15 is 0 Å². The van der Waals surface area contributed by atoms with Gasteiger partial charge in [0.1, 0.15) is 0 Å². The van der Waals surface area contributed by atoms with Crippen molar-refractivity contribution in [3.8, 4) is 0 Å². The molecule has 204 valence electrons. The van der Waals surface area contributed by atoms with Gasteiger partial charge in [-0.05, 0) is 56.0 Å². The van der Waals surface area contributed by atoms with Crippen LogP contribution >= 0.6 is 0 Å². The Bertz CT molecular complexity index is 1050. The predicted molar refractivity (Wildman–Crippen MR) is 125 cm³/mol. The highest BCUT2D eigenvalue weighted by molar-refractivity contribution is 5.80. The second kappa shape index (κ2) is 10.6. The maximum Gasteiger partial charge on any atom is 0.416 e. The van der Waals surface area contributed by atoms with Crippen LogP contribution in [0, 0.1) is 0 Å². The van der Waals surface area contributed by atoms with Crippen molar-refractivity contribution < 1.29 is 41.0 Å². The van der Waals surface area contributed by atoms with Gasteiger partial charge in [0.15, 0.2) is 0 Å². The Morgan fingerprint density at radius 2 is 1.78 bits per heavy atom. The summed E-state index contributed by atoms with van der Waals surface area (Å²) in [6.45, 7) is 7.19. The van der Waals surface area contributed by atoms with Gasteiger partial charge < -0.3 is 15.2 Å². The van der Waals surface area contributed by atoms with Crippen molar-refractivity contribution >= 4 is 5.91 Å². The van der Waals surface area contributed by atoms with Gasteiger partial charge >= 0.3 is 12.4 Å². The molecular formula is C26H30F6N2O3. The van der Waals surface area contributed by atoms with Crippen LogP contribution in [0.5, 0.6) is 0 Å². The number of aliphatic hydroxyl groups excluding tert-OH is 1. The first-order chi connectivity index (χ1) is 17.2. The molecule has 2 aliphatic heterocycles. The van der Waals surface area contributed by atoms with Crippen molar-refractivity contribution in [2.24, 2.45) is 0 Å². The molecule has 2 fully saturated rings. The molecule has 1 aromatic rings. The summed E-state index contributed by atoms with van der Waals surface area (Å²) in [5, 5.41) is 12.8. The third-order valence-electron chi connectivity index (χ3n) is 7.01. The van der Waals surface area contributed by atoms with Crippen LogP contribution in [-0.4, -0.2) is 53.3 Å². The maximum absolute atomic E-state index is 13.3. The highest BCUT2D eigenvalue weighted by Gasteiger charge is 2.53. The Hall–Kier alpha value is -2.63. The topological polar surface area (TPSA) is 61.8 Å². The second-order valence-corrected chi connectivity index (χ2v) is 9.58. The molecule has 0 saturated carbocycles. The van der Waals surface area contributed by atoms with Gasteiger partial charge in [-0.25, -0.2) is 0 Å². The van der Waals surface area contributed by atoms with Crippen LogP contribution < -0.4 is 5.32 Å². The number of carbonyl (C=O) groups is 1. The lowest BCUT2D eigenvalue weighted by Crippen LogP contribution is -2.74. The molecule has 2 saturated heterocycles. The molecule has 2 heterocycles. The zero-order valence-corrected chi connectivity index (χ0v) is 20.5. The first-order valence-corrected chi connectivity index (χ1v) is 11.7. The van der Waals surface area contributed by atoms with Gasteiger partial charge in [0.05, 0.1) is 48.1 Å². The van der Waals surface area contributed by atoms with E-state index in [1.807, 2.05) is 11.8 Å². The van der Waals surface area contributed by atoms with E-state index in [0.717, 1.165) is 0 Å². The number of carbonyl (C=O) groups excluding carboxylic acids is 1. The molecule has 2 aliphatic rings. The molecule has 2 N–H and O–H groups in total.